The van der Waals surface area contributed by atoms with Crippen molar-refractivity contribution in [2.75, 3.05) is 31.3 Å². The molecule has 3 N–H and O–H groups in total. The lowest BCUT2D eigenvalue weighted by atomic mass is 10.3. The zero-order valence-electron chi connectivity index (χ0n) is 12.0. The standard InChI is InChI=1S/C15H21N5/c1-12(19(3)9-8-17-2)18-10-15-11-20(15)14-6-4-13(16)5-7-14/h4-10,15,17H,1,11,16H2,2-3H3. The Hall–Kier alpha value is -2.43. The topological polar surface area (TPSA) is 56.7 Å². The summed E-state index contributed by atoms with van der Waals surface area (Å²) in [5.74, 6) is 0.709. The maximum absolute atomic E-state index is 5.68. The largest absolute Gasteiger partial charge is 0.399 e. The minimum Gasteiger partial charge on any atom is -0.399 e. The normalized spacial score (nSPS) is 17.7. The smallest absolute Gasteiger partial charge is 0.124 e. The number of hydrogen-bond acceptors (Lipinski definition) is 5. The molecule has 1 atom stereocenters. The van der Waals surface area contributed by atoms with E-state index < -0.39 is 0 Å². The molecule has 2 rings (SSSR count). The first-order valence-electron chi connectivity index (χ1n) is 6.54. The molecule has 0 spiro atoms. The quantitative estimate of drug-likeness (QED) is 0.469. The molecule has 1 heterocycles. The van der Waals surface area contributed by atoms with E-state index in [0.717, 1.165) is 12.2 Å². The summed E-state index contributed by atoms with van der Waals surface area (Å²) < 4.78 is 0. The first kappa shape index (κ1) is 14.0. The van der Waals surface area contributed by atoms with Crippen LogP contribution in [0.15, 0.2) is 54.1 Å². The fourth-order valence-electron chi connectivity index (χ4n) is 1.78. The summed E-state index contributed by atoms with van der Waals surface area (Å²) in [5, 5.41) is 2.93. The molecule has 0 aromatic heterocycles. The van der Waals surface area contributed by atoms with Crippen LogP contribution in [-0.2, 0) is 0 Å². The monoisotopic (exact) mass is 271 g/mol. The van der Waals surface area contributed by atoms with Crippen LogP contribution in [0.4, 0.5) is 11.4 Å². The van der Waals surface area contributed by atoms with E-state index in [0.29, 0.717) is 11.9 Å². The van der Waals surface area contributed by atoms with Crippen molar-refractivity contribution in [1.29, 1.82) is 0 Å². The van der Waals surface area contributed by atoms with Crippen molar-refractivity contribution in [2.45, 2.75) is 6.04 Å². The summed E-state index contributed by atoms with van der Waals surface area (Å²) >= 11 is 0. The first-order valence-corrected chi connectivity index (χ1v) is 6.54. The van der Waals surface area contributed by atoms with Crippen molar-refractivity contribution in [3.05, 3.63) is 49.1 Å². The summed E-state index contributed by atoms with van der Waals surface area (Å²) in [7, 11) is 3.77. The number of rotatable bonds is 6. The van der Waals surface area contributed by atoms with Gasteiger partial charge in [-0.25, -0.2) is 4.99 Å². The Bertz CT molecular complexity index is 518. The van der Waals surface area contributed by atoms with Crippen LogP contribution in [-0.4, -0.2) is 37.8 Å². The zero-order chi connectivity index (χ0) is 14.5. The molecule has 5 heteroatoms. The molecule has 0 bridgehead atoms. The molecule has 0 saturated carbocycles. The molecular weight excluding hydrogens is 250 g/mol. The number of benzene rings is 1. The maximum Gasteiger partial charge on any atom is 0.124 e. The first-order chi connectivity index (χ1) is 9.61. The lowest BCUT2D eigenvalue weighted by Gasteiger charge is -2.12. The van der Waals surface area contributed by atoms with Crippen molar-refractivity contribution in [3.63, 3.8) is 0 Å². The highest BCUT2D eigenvalue weighted by molar-refractivity contribution is 5.79. The molecule has 20 heavy (non-hydrogen) atoms. The second kappa shape index (κ2) is 6.14. The summed E-state index contributed by atoms with van der Waals surface area (Å²) in [6, 6.07) is 8.23. The number of aliphatic imine (C=N–C) groups is 1. The van der Waals surface area contributed by atoms with Gasteiger partial charge in [0.2, 0.25) is 0 Å². The lowest BCUT2D eigenvalue weighted by Crippen LogP contribution is -2.10. The molecule has 1 fully saturated rings. The van der Waals surface area contributed by atoms with Gasteiger partial charge < -0.3 is 20.9 Å². The van der Waals surface area contributed by atoms with Gasteiger partial charge in [-0.3, -0.25) is 0 Å². The second-order valence-corrected chi connectivity index (χ2v) is 4.72. The number of nitrogens with two attached hydrogens (primary N) is 1. The number of hydrogen-bond donors (Lipinski definition) is 2. The summed E-state index contributed by atoms with van der Waals surface area (Å²) in [5.41, 5.74) is 7.64. The molecule has 0 aliphatic carbocycles. The van der Waals surface area contributed by atoms with Crippen LogP contribution in [0, 0.1) is 0 Å². The predicted octanol–water partition coefficient (Wildman–Crippen LogP) is 1.62. The van der Waals surface area contributed by atoms with Crippen LogP contribution < -0.4 is 16.0 Å². The second-order valence-electron chi connectivity index (χ2n) is 4.72. The van der Waals surface area contributed by atoms with E-state index in [1.165, 1.54) is 5.69 Å². The highest BCUT2D eigenvalue weighted by Crippen LogP contribution is 2.27. The Balaban J connectivity index is 1.87. The molecule has 5 nitrogen and oxygen atoms in total. The van der Waals surface area contributed by atoms with Crippen LogP contribution in [0.3, 0.4) is 0 Å². The highest BCUT2D eigenvalue weighted by atomic mass is 15.3. The molecular formula is C15H21N5. The van der Waals surface area contributed by atoms with Gasteiger partial charge in [0.25, 0.3) is 0 Å². The van der Waals surface area contributed by atoms with E-state index in [-0.39, 0.29) is 0 Å². The number of anilines is 2. The number of nitrogens with zero attached hydrogens (tertiary/aromatic N) is 3. The zero-order valence-corrected chi connectivity index (χ0v) is 12.0. The third-order valence-electron chi connectivity index (χ3n) is 3.14. The lowest BCUT2D eigenvalue weighted by molar-refractivity contribution is 0.562. The Labute approximate surface area is 120 Å². The van der Waals surface area contributed by atoms with Gasteiger partial charge in [0.1, 0.15) is 5.82 Å². The van der Waals surface area contributed by atoms with Gasteiger partial charge in [-0.05, 0) is 24.3 Å². The molecule has 106 valence electrons. The van der Waals surface area contributed by atoms with E-state index in [1.54, 1.807) is 0 Å². The summed E-state index contributed by atoms with van der Waals surface area (Å²) in [4.78, 5) is 8.51. The Kier molecular flexibility index (Phi) is 4.30. The van der Waals surface area contributed by atoms with E-state index in [9.17, 15) is 0 Å². The van der Waals surface area contributed by atoms with Crippen LogP contribution in [0.25, 0.3) is 0 Å². The molecule has 0 amide bonds. The highest BCUT2D eigenvalue weighted by Gasteiger charge is 2.32. The molecule has 0 radical (unpaired) electrons. The third-order valence-corrected chi connectivity index (χ3v) is 3.14. The van der Waals surface area contributed by atoms with E-state index in [1.807, 2.05) is 61.9 Å². The van der Waals surface area contributed by atoms with Crippen LogP contribution in [0.1, 0.15) is 0 Å². The minimum atomic E-state index is 0.344. The molecule has 1 unspecified atom stereocenters. The SMILES string of the molecule is C=C(N=CC1CN1c1ccc(N)cc1)N(C)C=CNC. The fraction of sp³-hybridized carbons (Fsp3) is 0.267. The van der Waals surface area contributed by atoms with E-state index in [4.69, 9.17) is 5.73 Å². The van der Waals surface area contributed by atoms with Crippen LogP contribution >= 0.6 is 0 Å². The van der Waals surface area contributed by atoms with Crippen molar-refractivity contribution in [2.24, 2.45) is 4.99 Å². The Morgan fingerprint density at radius 2 is 2.20 bits per heavy atom. The van der Waals surface area contributed by atoms with Gasteiger partial charge in [0.05, 0.1) is 6.04 Å². The third kappa shape index (κ3) is 3.54. The number of nitrogen functional groups attached to an aromatic ring is 1. The fourth-order valence-corrected chi connectivity index (χ4v) is 1.78. The average molecular weight is 271 g/mol. The average Bonchev–Trinajstić information content (AvgIpc) is 3.22. The van der Waals surface area contributed by atoms with Crippen LogP contribution in [0.5, 0.6) is 0 Å². The van der Waals surface area contributed by atoms with Gasteiger partial charge in [-0.15, -0.1) is 0 Å². The van der Waals surface area contributed by atoms with Crippen molar-refractivity contribution < 1.29 is 0 Å². The van der Waals surface area contributed by atoms with Crippen molar-refractivity contribution in [3.8, 4) is 0 Å². The van der Waals surface area contributed by atoms with Crippen molar-refractivity contribution >= 4 is 17.6 Å². The Morgan fingerprint density at radius 1 is 1.50 bits per heavy atom. The molecule has 1 aromatic rings. The molecule has 1 saturated heterocycles. The van der Waals surface area contributed by atoms with E-state index in [2.05, 4.69) is 21.8 Å². The van der Waals surface area contributed by atoms with Gasteiger partial charge in [0.15, 0.2) is 0 Å². The molecule has 1 aliphatic heterocycles. The van der Waals surface area contributed by atoms with Gasteiger partial charge in [-0.2, -0.15) is 0 Å². The predicted molar refractivity (Wildman–Crippen MR) is 85.6 cm³/mol. The Morgan fingerprint density at radius 3 is 2.85 bits per heavy atom. The summed E-state index contributed by atoms with van der Waals surface area (Å²) in [6.45, 7) is 4.91. The van der Waals surface area contributed by atoms with Crippen molar-refractivity contribution in [1.82, 2.24) is 10.2 Å². The number of nitrogens with one attached hydrogen (secondary N) is 1. The van der Waals surface area contributed by atoms with Crippen LogP contribution in [0.2, 0.25) is 0 Å². The van der Waals surface area contributed by atoms with Gasteiger partial charge in [-0.1, -0.05) is 6.58 Å². The molecule has 1 aliphatic rings. The van der Waals surface area contributed by atoms with Gasteiger partial charge >= 0.3 is 0 Å². The van der Waals surface area contributed by atoms with E-state index >= 15 is 0 Å². The molecule has 1 aromatic carbocycles. The van der Waals surface area contributed by atoms with Gasteiger partial charge in [0, 0.05) is 50.6 Å². The summed E-state index contributed by atoms with van der Waals surface area (Å²) in [6.07, 6.45) is 5.64. The minimum absolute atomic E-state index is 0.344. The maximum atomic E-state index is 5.68.